The summed E-state index contributed by atoms with van der Waals surface area (Å²) >= 11 is 0.396. The molecule has 0 aliphatic rings. The van der Waals surface area contributed by atoms with Crippen molar-refractivity contribution in [3.8, 4) is 6.07 Å². The highest BCUT2D eigenvalue weighted by Crippen LogP contribution is 2.38. The zero-order valence-electron chi connectivity index (χ0n) is 11.1. The highest BCUT2D eigenvalue weighted by atomic mass is 32.2. The molecule has 0 fully saturated rings. The number of nitriles is 1. The van der Waals surface area contributed by atoms with Crippen molar-refractivity contribution in [2.24, 2.45) is 0 Å². The largest absolute Gasteiger partial charge is 0.360 e. The van der Waals surface area contributed by atoms with Crippen molar-refractivity contribution in [1.29, 1.82) is 5.26 Å². The average molecular weight is 340 g/mol. The summed E-state index contributed by atoms with van der Waals surface area (Å²) in [6.45, 7) is 0. The van der Waals surface area contributed by atoms with Gasteiger partial charge in [-0.1, -0.05) is 11.8 Å². The minimum atomic E-state index is -2.20. The Bertz CT molecular complexity index is 945. The first kappa shape index (κ1) is 15.4. The molecule has 1 aromatic heterocycles. The van der Waals surface area contributed by atoms with Crippen LogP contribution < -0.4 is 0 Å². The zero-order chi connectivity index (χ0) is 16.7. The van der Waals surface area contributed by atoms with Crippen LogP contribution in [0.4, 0.5) is 22.0 Å². The number of benzene rings is 2. The summed E-state index contributed by atoms with van der Waals surface area (Å²) in [5, 5.41) is 9.32. The highest BCUT2D eigenvalue weighted by molar-refractivity contribution is 7.99. The van der Waals surface area contributed by atoms with E-state index in [1.165, 1.54) is 18.3 Å². The van der Waals surface area contributed by atoms with Crippen LogP contribution in [0, 0.1) is 40.4 Å². The third kappa shape index (κ3) is 2.43. The SMILES string of the molecule is N#Cc1ccc2[nH]cc(Sc3c(F)c(F)c(F)c(F)c3F)c2c1. The molecule has 0 saturated carbocycles. The van der Waals surface area contributed by atoms with Crippen LogP contribution in [0.25, 0.3) is 10.9 Å². The lowest BCUT2D eigenvalue weighted by molar-refractivity contribution is 0.361. The van der Waals surface area contributed by atoms with E-state index in [0.717, 1.165) is 0 Å². The Morgan fingerprint density at radius 3 is 2.13 bits per heavy atom. The number of H-pyrrole nitrogens is 1. The van der Waals surface area contributed by atoms with Gasteiger partial charge in [-0.05, 0) is 18.2 Å². The van der Waals surface area contributed by atoms with Crippen molar-refractivity contribution < 1.29 is 22.0 Å². The number of hydrogen-bond donors (Lipinski definition) is 1. The van der Waals surface area contributed by atoms with Crippen molar-refractivity contribution in [2.45, 2.75) is 9.79 Å². The second-order valence-corrected chi connectivity index (χ2v) is 5.58. The summed E-state index contributed by atoms with van der Waals surface area (Å²) < 4.78 is 67.0. The van der Waals surface area contributed by atoms with Gasteiger partial charge in [0.15, 0.2) is 23.3 Å². The second-order valence-electron chi connectivity index (χ2n) is 4.53. The van der Waals surface area contributed by atoms with Crippen LogP contribution in [0.15, 0.2) is 34.2 Å². The number of hydrogen-bond acceptors (Lipinski definition) is 2. The van der Waals surface area contributed by atoms with Gasteiger partial charge in [0.05, 0.1) is 16.5 Å². The molecule has 116 valence electrons. The third-order valence-corrected chi connectivity index (χ3v) is 4.27. The molecule has 2 nitrogen and oxygen atoms in total. The number of rotatable bonds is 2. The maximum Gasteiger partial charge on any atom is 0.200 e. The van der Waals surface area contributed by atoms with Gasteiger partial charge in [-0.3, -0.25) is 0 Å². The van der Waals surface area contributed by atoms with Crippen LogP contribution in [0.5, 0.6) is 0 Å². The Morgan fingerprint density at radius 2 is 1.52 bits per heavy atom. The number of aromatic amines is 1. The molecular formula is C15H5F5N2S. The number of nitrogens with one attached hydrogen (secondary N) is 1. The number of halogens is 5. The summed E-state index contributed by atoms with van der Waals surface area (Å²) in [6, 6.07) is 6.48. The highest BCUT2D eigenvalue weighted by Gasteiger charge is 2.26. The van der Waals surface area contributed by atoms with E-state index >= 15 is 0 Å². The molecule has 1 heterocycles. The fourth-order valence-electron chi connectivity index (χ4n) is 2.03. The van der Waals surface area contributed by atoms with Crippen molar-refractivity contribution >= 4 is 22.7 Å². The lowest BCUT2D eigenvalue weighted by atomic mass is 10.2. The lowest BCUT2D eigenvalue weighted by Gasteiger charge is -2.07. The molecule has 0 radical (unpaired) electrons. The van der Waals surface area contributed by atoms with E-state index in [-0.39, 0.29) is 4.90 Å². The topological polar surface area (TPSA) is 39.6 Å². The van der Waals surface area contributed by atoms with E-state index in [0.29, 0.717) is 28.2 Å². The van der Waals surface area contributed by atoms with Gasteiger partial charge in [-0.25, -0.2) is 22.0 Å². The van der Waals surface area contributed by atoms with Gasteiger partial charge < -0.3 is 4.98 Å². The molecule has 0 unspecified atom stereocenters. The van der Waals surface area contributed by atoms with Gasteiger partial charge in [0.2, 0.25) is 5.82 Å². The van der Waals surface area contributed by atoms with E-state index in [9.17, 15) is 22.0 Å². The number of nitrogens with zero attached hydrogens (tertiary/aromatic N) is 1. The van der Waals surface area contributed by atoms with Crippen LogP contribution in [0.3, 0.4) is 0 Å². The summed E-state index contributed by atoms with van der Waals surface area (Å²) in [6.07, 6.45) is 1.37. The molecular weight excluding hydrogens is 335 g/mol. The van der Waals surface area contributed by atoms with Gasteiger partial charge in [-0.15, -0.1) is 0 Å². The predicted octanol–water partition coefficient (Wildman–Crippen LogP) is 4.89. The smallest absolute Gasteiger partial charge is 0.200 e. The zero-order valence-corrected chi connectivity index (χ0v) is 11.9. The summed E-state index contributed by atoms with van der Waals surface area (Å²) in [4.78, 5) is 2.04. The average Bonchev–Trinajstić information content (AvgIpc) is 2.97. The van der Waals surface area contributed by atoms with E-state index < -0.39 is 34.0 Å². The summed E-state index contributed by atoms with van der Waals surface area (Å²) in [5.74, 6) is -9.97. The maximum absolute atomic E-state index is 13.7. The van der Waals surface area contributed by atoms with Crippen molar-refractivity contribution in [3.05, 3.63) is 59.0 Å². The van der Waals surface area contributed by atoms with Gasteiger partial charge in [0.1, 0.15) is 0 Å². The number of fused-ring (bicyclic) bond motifs is 1. The van der Waals surface area contributed by atoms with Crippen LogP contribution in [-0.2, 0) is 0 Å². The molecule has 0 spiro atoms. The fourth-order valence-corrected chi connectivity index (χ4v) is 3.01. The van der Waals surface area contributed by atoms with Crippen molar-refractivity contribution in [3.63, 3.8) is 0 Å². The lowest BCUT2D eigenvalue weighted by Crippen LogP contribution is -2.03. The molecule has 3 rings (SSSR count). The van der Waals surface area contributed by atoms with E-state index in [2.05, 4.69) is 4.98 Å². The van der Waals surface area contributed by atoms with Crippen LogP contribution in [0.2, 0.25) is 0 Å². The third-order valence-electron chi connectivity index (χ3n) is 3.15. The van der Waals surface area contributed by atoms with E-state index in [1.54, 1.807) is 6.07 Å². The molecule has 2 aromatic carbocycles. The van der Waals surface area contributed by atoms with Gasteiger partial charge >= 0.3 is 0 Å². The predicted molar refractivity (Wildman–Crippen MR) is 73.4 cm³/mol. The summed E-state index contributed by atoms with van der Waals surface area (Å²) in [7, 11) is 0. The molecule has 0 bridgehead atoms. The Morgan fingerprint density at radius 1 is 0.913 bits per heavy atom. The van der Waals surface area contributed by atoms with E-state index in [1.807, 2.05) is 6.07 Å². The number of aromatic nitrogens is 1. The normalized spacial score (nSPS) is 11.0. The monoisotopic (exact) mass is 340 g/mol. The molecule has 8 heteroatoms. The molecule has 0 atom stereocenters. The van der Waals surface area contributed by atoms with Crippen molar-refractivity contribution in [2.75, 3.05) is 0 Å². The molecule has 1 N–H and O–H groups in total. The standard InChI is InChI=1S/C15H5F5N2S/c16-10-11(17)13(19)15(14(20)12(10)18)23-9-5-22-8-2-1-6(4-21)3-7(8)9/h1-3,5,22H. The van der Waals surface area contributed by atoms with Gasteiger partial charge in [0.25, 0.3) is 0 Å². The first-order valence-electron chi connectivity index (χ1n) is 6.14. The Balaban J connectivity index is 2.15. The molecule has 0 aliphatic carbocycles. The Kier molecular flexibility index (Phi) is 3.74. The Labute approximate surface area is 130 Å². The van der Waals surface area contributed by atoms with Crippen LogP contribution in [0.1, 0.15) is 5.56 Å². The maximum atomic E-state index is 13.7. The first-order chi connectivity index (χ1) is 10.9. The molecule has 23 heavy (non-hydrogen) atoms. The van der Waals surface area contributed by atoms with Crippen molar-refractivity contribution in [1.82, 2.24) is 4.98 Å². The van der Waals surface area contributed by atoms with Crippen LogP contribution in [-0.4, -0.2) is 4.98 Å². The van der Waals surface area contributed by atoms with E-state index in [4.69, 9.17) is 5.26 Å². The quantitative estimate of drug-likeness (QED) is 0.410. The molecule has 0 amide bonds. The summed E-state index contributed by atoms with van der Waals surface area (Å²) in [5.41, 5.74) is 0.867. The van der Waals surface area contributed by atoms with Gasteiger partial charge in [0, 0.05) is 22.0 Å². The second kappa shape index (κ2) is 5.59. The first-order valence-corrected chi connectivity index (χ1v) is 6.96. The fraction of sp³-hybridized carbons (Fsp3) is 0. The molecule has 0 saturated heterocycles. The molecule has 3 aromatic rings. The Hall–Kier alpha value is -2.53. The van der Waals surface area contributed by atoms with Gasteiger partial charge in [-0.2, -0.15) is 5.26 Å². The minimum absolute atomic E-state index is 0.236. The minimum Gasteiger partial charge on any atom is -0.360 e. The van der Waals surface area contributed by atoms with Crippen LogP contribution >= 0.6 is 11.8 Å². The molecule has 0 aliphatic heterocycles.